The van der Waals surface area contributed by atoms with E-state index < -0.39 is 15.2 Å². The number of hydrogen-bond acceptors (Lipinski definition) is 0. The number of hydrogen-bond donors (Lipinski definition) is 0. The molecule has 0 aromatic heterocycles. The minimum Gasteiger partial charge on any atom is -0.0711 e. The van der Waals surface area contributed by atoms with Crippen LogP contribution in [0.25, 0.3) is 0 Å². The summed E-state index contributed by atoms with van der Waals surface area (Å²) in [7, 11) is -2.72. The second kappa shape index (κ2) is 10.8. The van der Waals surface area contributed by atoms with Gasteiger partial charge < -0.3 is 0 Å². The normalized spacial score (nSPS) is 41.9. The second-order valence-electron chi connectivity index (χ2n) is 16.4. The Morgan fingerprint density at radius 1 is 0.684 bits per heavy atom. The van der Waals surface area contributed by atoms with E-state index in [1.54, 1.807) is 44.1 Å². The Morgan fingerprint density at radius 2 is 1.37 bits per heavy atom. The molecule has 0 aliphatic heterocycles. The third kappa shape index (κ3) is 4.49. The summed E-state index contributed by atoms with van der Waals surface area (Å²) in [5.41, 5.74) is 3.95. The first-order chi connectivity index (χ1) is 18.3. The molecule has 0 saturated heterocycles. The van der Waals surface area contributed by atoms with Gasteiger partial charge in [-0.2, -0.15) is 0 Å². The molecule has 5 aliphatic rings. The summed E-state index contributed by atoms with van der Waals surface area (Å²) >= 11 is 0. The zero-order valence-electron chi connectivity index (χ0n) is 25.9. The van der Waals surface area contributed by atoms with Gasteiger partial charge in [0.25, 0.3) is 0 Å². The zero-order chi connectivity index (χ0) is 26.7. The lowest BCUT2D eigenvalue weighted by Gasteiger charge is -2.53. The van der Waals surface area contributed by atoms with Gasteiger partial charge in [0.15, 0.2) is 0 Å². The molecule has 1 aromatic rings. The van der Waals surface area contributed by atoms with Crippen LogP contribution >= 0.6 is 0 Å². The summed E-state index contributed by atoms with van der Waals surface area (Å²) in [6.07, 6.45) is 20.0. The van der Waals surface area contributed by atoms with E-state index in [-0.39, 0.29) is 0 Å². The van der Waals surface area contributed by atoms with Crippen molar-refractivity contribution >= 4 is 15.2 Å². The molecule has 0 spiro atoms. The summed E-state index contributed by atoms with van der Waals surface area (Å²) < 4.78 is 0. The molecular formula is C36H60Si2. The molecular weight excluding hydrogens is 489 g/mol. The van der Waals surface area contributed by atoms with E-state index in [9.17, 15) is 0 Å². The molecule has 1 aromatic carbocycles. The molecule has 0 N–H and O–H groups in total. The van der Waals surface area contributed by atoms with Crippen molar-refractivity contribution in [3.63, 3.8) is 0 Å². The number of rotatable bonds is 7. The van der Waals surface area contributed by atoms with Crippen LogP contribution in [0.15, 0.2) is 30.3 Å². The number of benzene rings is 1. The summed E-state index contributed by atoms with van der Waals surface area (Å²) in [4.78, 5) is 0. The Kier molecular flexibility index (Phi) is 7.91. The monoisotopic (exact) mass is 548 g/mol. The zero-order valence-corrected chi connectivity index (χ0v) is 27.9. The lowest BCUT2D eigenvalue weighted by Crippen LogP contribution is -2.62. The molecule has 5 saturated carbocycles. The summed E-state index contributed by atoms with van der Waals surface area (Å²) in [6.45, 7) is 16.9. The molecule has 6 rings (SSSR count). The van der Waals surface area contributed by atoms with Crippen LogP contribution in [0.1, 0.15) is 109 Å². The molecule has 5 aliphatic carbocycles. The van der Waals surface area contributed by atoms with E-state index >= 15 is 0 Å². The van der Waals surface area contributed by atoms with Crippen LogP contribution in [0.2, 0.25) is 37.3 Å². The molecule has 0 nitrogen and oxygen atoms in total. The highest BCUT2D eigenvalue weighted by atomic mass is 29.3. The Labute approximate surface area is 238 Å². The maximum atomic E-state index is 2.96. The Morgan fingerprint density at radius 3 is 2.11 bits per heavy atom. The highest BCUT2D eigenvalue weighted by Crippen LogP contribution is 2.66. The molecule has 0 radical (unpaired) electrons. The summed E-state index contributed by atoms with van der Waals surface area (Å²) in [6, 6.07) is 11.9. The molecule has 11 unspecified atom stereocenters. The first kappa shape index (κ1) is 27.8. The van der Waals surface area contributed by atoms with E-state index in [1.165, 1.54) is 44.9 Å². The van der Waals surface area contributed by atoms with Gasteiger partial charge in [-0.3, -0.25) is 0 Å². The topological polar surface area (TPSA) is 0 Å². The third-order valence-corrected chi connectivity index (χ3v) is 35.3. The van der Waals surface area contributed by atoms with Crippen LogP contribution in [0.4, 0.5) is 0 Å². The maximum Gasteiger partial charge on any atom is 0.0449 e. The van der Waals surface area contributed by atoms with Crippen LogP contribution in [0, 0.1) is 47.3 Å². The molecule has 2 heteroatoms. The fraction of sp³-hybridized carbons (Fsp3) is 0.833. The minimum atomic E-state index is -1.37. The average Bonchev–Trinajstić information content (AvgIpc) is 3.64. The first-order valence-electron chi connectivity index (χ1n) is 17.3. The highest BCUT2D eigenvalue weighted by molar-refractivity contribution is 7.41. The van der Waals surface area contributed by atoms with Crippen molar-refractivity contribution in [2.24, 2.45) is 47.3 Å². The standard InChI is InChI=1S/C36H60Si2/c1-7-14-25(2)32-24-35(30-19-12-11-18-29(30)32)38(5,6)37(3,4)34-22-21-31-33(34)23-27-17-13-20-28(27)36(31)26-15-9-8-10-16-26/h8-10,15-16,25,27-36H,7,11-14,17-24H2,1-6H3. The van der Waals surface area contributed by atoms with Crippen molar-refractivity contribution in [1.29, 1.82) is 0 Å². The van der Waals surface area contributed by atoms with Gasteiger partial charge in [-0.15, -0.1) is 0 Å². The predicted octanol–water partition coefficient (Wildman–Crippen LogP) is 11.1. The van der Waals surface area contributed by atoms with Crippen molar-refractivity contribution in [2.45, 2.75) is 141 Å². The van der Waals surface area contributed by atoms with Gasteiger partial charge in [-0.1, -0.05) is 122 Å². The SMILES string of the molecule is CCCC(C)C1CC([Si](C)(C)[Si](C)(C)C2CCC3C2CC2CCCC2C3c2ccccc2)C2CCCCC12. The van der Waals surface area contributed by atoms with Crippen LogP contribution in [-0.4, -0.2) is 15.2 Å². The minimum absolute atomic E-state index is 0.871. The molecule has 38 heavy (non-hydrogen) atoms. The highest BCUT2D eigenvalue weighted by Gasteiger charge is 2.62. The lowest BCUT2D eigenvalue weighted by molar-refractivity contribution is 0.121. The molecule has 0 bridgehead atoms. The van der Waals surface area contributed by atoms with E-state index in [0.717, 1.165) is 64.3 Å². The van der Waals surface area contributed by atoms with Gasteiger partial charge in [0.1, 0.15) is 0 Å². The van der Waals surface area contributed by atoms with Gasteiger partial charge in [0.05, 0.1) is 0 Å². The molecule has 0 amide bonds. The van der Waals surface area contributed by atoms with E-state index in [4.69, 9.17) is 0 Å². The molecule has 0 heterocycles. The molecule has 5 fully saturated rings. The average molecular weight is 549 g/mol. The van der Waals surface area contributed by atoms with Crippen molar-refractivity contribution < 1.29 is 0 Å². The fourth-order valence-corrected chi connectivity index (χ4v) is 26.8. The van der Waals surface area contributed by atoms with Crippen molar-refractivity contribution in [1.82, 2.24) is 0 Å². The van der Waals surface area contributed by atoms with E-state index in [0.29, 0.717) is 0 Å². The van der Waals surface area contributed by atoms with Crippen molar-refractivity contribution in [3.8, 4) is 0 Å². The van der Waals surface area contributed by atoms with E-state index in [2.05, 4.69) is 70.4 Å². The van der Waals surface area contributed by atoms with Gasteiger partial charge in [0.2, 0.25) is 0 Å². The summed E-state index contributed by atoms with van der Waals surface area (Å²) in [5, 5.41) is 0. The van der Waals surface area contributed by atoms with Crippen molar-refractivity contribution in [2.75, 3.05) is 0 Å². The second-order valence-corrected chi connectivity index (χ2v) is 32.5. The van der Waals surface area contributed by atoms with E-state index in [1.807, 2.05) is 0 Å². The summed E-state index contributed by atoms with van der Waals surface area (Å²) in [5.74, 6) is 9.13. The fourth-order valence-electron chi connectivity index (χ4n) is 12.4. The van der Waals surface area contributed by atoms with Gasteiger partial charge in [-0.05, 0) is 102 Å². The quantitative estimate of drug-likeness (QED) is 0.297. The third-order valence-electron chi connectivity index (χ3n) is 14.7. The Hall–Kier alpha value is -0.346. The maximum absolute atomic E-state index is 2.96. The van der Waals surface area contributed by atoms with Crippen LogP contribution in [0.5, 0.6) is 0 Å². The van der Waals surface area contributed by atoms with Gasteiger partial charge in [-0.25, -0.2) is 0 Å². The van der Waals surface area contributed by atoms with Crippen LogP contribution in [0.3, 0.4) is 0 Å². The molecule has 11 atom stereocenters. The lowest BCUT2D eigenvalue weighted by atomic mass is 9.62. The van der Waals surface area contributed by atoms with Crippen molar-refractivity contribution in [3.05, 3.63) is 35.9 Å². The predicted molar refractivity (Wildman–Crippen MR) is 171 cm³/mol. The van der Waals surface area contributed by atoms with Gasteiger partial charge >= 0.3 is 0 Å². The Bertz CT molecular complexity index is 936. The Balaban J connectivity index is 1.28. The largest absolute Gasteiger partial charge is 0.0711 e. The smallest absolute Gasteiger partial charge is 0.0449 e. The van der Waals surface area contributed by atoms with Crippen LogP contribution < -0.4 is 0 Å². The molecule has 212 valence electrons. The first-order valence-corrected chi connectivity index (χ1v) is 24.5. The van der Waals surface area contributed by atoms with Gasteiger partial charge in [0, 0.05) is 15.2 Å². The number of fused-ring (bicyclic) bond motifs is 3. The van der Waals surface area contributed by atoms with Crippen LogP contribution in [-0.2, 0) is 0 Å².